The first-order valence-corrected chi connectivity index (χ1v) is 11.0. The summed E-state index contributed by atoms with van der Waals surface area (Å²) < 4.78 is 19.9. The lowest BCUT2D eigenvalue weighted by molar-refractivity contribution is -0.0221. The number of nitrogens with zero attached hydrogens (tertiary/aromatic N) is 4. The molecule has 5 rings (SSSR count). The van der Waals surface area contributed by atoms with Gasteiger partial charge >= 0.3 is 0 Å². The van der Waals surface area contributed by atoms with Gasteiger partial charge in [-0.25, -0.2) is 9.50 Å². The summed E-state index contributed by atoms with van der Waals surface area (Å²) in [7, 11) is 0. The van der Waals surface area contributed by atoms with Crippen LogP contribution in [0, 0.1) is 0 Å². The van der Waals surface area contributed by atoms with Gasteiger partial charge in [-0.2, -0.15) is 4.98 Å². The Kier molecular flexibility index (Phi) is 5.84. The minimum Gasteiger partial charge on any atom is -0.472 e. The van der Waals surface area contributed by atoms with E-state index in [9.17, 15) is 0 Å². The van der Waals surface area contributed by atoms with Crippen molar-refractivity contribution in [3.63, 3.8) is 0 Å². The number of benzene rings is 1. The number of ether oxygens (including phenoxy) is 3. The summed E-state index contributed by atoms with van der Waals surface area (Å²) in [6.07, 6.45) is 8.17. The fourth-order valence-corrected chi connectivity index (χ4v) is 4.39. The Labute approximate surface area is 180 Å². The van der Waals surface area contributed by atoms with Gasteiger partial charge in [0.2, 0.25) is 10.9 Å². The first-order valence-electron chi connectivity index (χ1n) is 10.6. The minimum atomic E-state index is -0.101. The molecule has 0 unspecified atom stereocenters. The van der Waals surface area contributed by atoms with Crippen molar-refractivity contribution in [3.05, 3.63) is 53.1 Å². The highest BCUT2D eigenvalue weighted by atomic mass is 35.5. The van der Waals surface area contributed by atoms with Gasteiger partial charge in [-0.1, -0.05) is 30.3 Å². The Hall–Kier alpha value is -2.22. The van der Waals surface area contributed by atoms with Crippen molar-refractivity contribution in [2.75, 3.05) is 6.61 Å². The van der Waals surface area contributed by atoms with E-state index in [0.29, 0.717) is 24.7 Å². The normalized spacial score (nSPS) is 22.2. The number of rotatable bonds is 7. The largest absolute Gasteiger partial charge is 0.472 e. The van der Waals surface area contributed by atoms with E-state index in [2.05, 4.69) is 27.2 Å². The van der Waals surface area contributed by atoms with Gasteiger partial charge in [0, 0.05) is 0 Å². The minimum absolute atomic E-state index is 0.0516. The van der Waals surface area contributed by atoms with Crippen LogP contribution in [-0.2, 0) is 16.1 Å². The van der Waals surface area contributed by atoms with Gasteiger partial charge in [0.25, 0.3) is 5.88 Å². The van der Waals surface area contributed by atoms with Crippen LogP contribution in [0.4, 0.5) is 0 Å². The van der Waals surface area contributed by atoms with Crippen LogP contribution in [0.3, 0.4) is 0 Å². The zero-order valence-corrected chi connectivity index (χ0v) is 17.5. The molecule has 158 valence electrons. The molecule has 0 amide bonds. The average molecular weight is 429 g/mol. The van der Waals surface area contributed by atoms with E-state index >= 15 is 0 Å². The molecule has 2 aromatic heterocycles. The van der Waals surface area contributed by atoms with Crippen LogP contribution in [0.5, 0.6) is 5.88 Å². The molecular formula is C22H25ClN4O3. The molecule has 30 heavy (non-hydrogen) atoms. The van der Waals surface area contributed by atoms with Gasteiger partial charge in [0.1, 0.15) is 12.2 Å². The molecule has 0 radical (unpaired) electrons. The van der Waals surface area contributed by atoms with Gasteiger partial charge in [0.15, 0.2) is 0 Å². The SMILES string of the molecule is Clc1nc(OC2CCCC2)c2ncc([C@H]3CC[C@@H](COCc4ccccc4)O3)n2n1. The molecule has 2 fully saturated rings. The molecule has 7 nitrogen and oxygen atoms in total. The van der Waals surface area contributed by atoms with Crippen molar-refractivity contribution in [3.8, 4) is 5.88 Å². The van der Waals surface area contributed by atoms with Crippen molar-refractivity contribution in [2.45, 2.75) is 63.4 Å². The molecule has 1 aliphatic heterocycles. The van der Waals surface area contributed by atoms with E-state index in [1.165, 1.54) is 12.8 Å². The topological polar surface area (TPSA) is 70.8 Å². The Morgan fingerprint density at radius 2 is 1.93 bits per heavy atom. The summed E-state index contributed by atoms with van der Waals surface area (Å²) in [5, 5.41) is 4.51. The van der Waals surface area contributed by atoms with Gasteiger partial charge in [-0.15, -0.1) is 5.10 Å². The number of halogens is 1. The smallest absolute Gasteiger partial charge is 0.262 e. The Bertz CT molecular complexity index is 991. The summed E-state index contributed by atoms with van der Waals surface area (Å²) in [4.78, 5) is 8.79. The lowest BCUT2D eigenvalue weighted by atomic mass is 10.1. The van der Waals surface area contributed by atoms with E-state index in [1.54, 1.807) is 10.7 Å². The second-order valence-corrected chi connectivity index (χ2v) is 8.29. The summed E-state index contributed by atoms with van der Waals surface area (Å²) in [5.41, 5.74) is 2.62. The number of hydrogen-bond acceptors (Lipinski definition) is 6. The van der Waals surface area contributed by atoms with Crippen LogP contribution in [0.2, 0.25) is 5.28 Å². The average Bonchev–Trinajstić information content (AvgIpc) is 3.49. The summed E-state index contributed by atoms with van der Waals surface area (Å²) in [5.74, 6) is 0.453. The summed E-state index contributed by atoms with van der Waals surface area (Å²) in [6, 6.07) is 10.2. The fraction of sp³-hybridized carbons (Fsp3) is 0.500. The molecule has 3 aromatic rings. The molecule has 3 heterocycles. The first-order chi connectivity index (χ1) is 14.8. The Morgan fingerprint density at radius 1 is 1.10 bits per heavy atom. The number of fused-ring (bicyclic) bond motifs is 1. The van der Waals surface area contributed by atoms with Crippen LogP contribution in [0.15, 0.2) is 36.5 Å². The monoisotopic (exact) mass is 428 g/mol. The Morgan fingerprint density at radius 3 is 2.77 bits per heavy atom. The maximum Gasteiger partial charge on any atom is 0.262 e. The number of hydrogen-bond donors (Lipinski definition) is 0. The second-order valence-electron chi connectivity index (χ2n) is 7.95. The maximum atomic E-state index is 6.23. The van der Waals surface area contributed by atoms with E-state index in [0.717, 1.165) is 36.9 Å². The van der Waals surface area contributed by atoms with Gasteiger partial charge in [-0.3, -0.25) is 0 Å². The third kappa shape index (κ3) is 4.29. The molecular weight excluding hydrogens is 404 g/mol. The van der Waals surface area contributed by atoms with E-state index < -0.39 is 0 Å². The molecule has 8 heteroatoms. The van der Waals surface area contributed by atoms with Crippen molar-refractivity contribution in [1.82, 2.24) is 19.6 Å². The van der Waals surface area contributed by atoms with Gasteiger partial charge in [0.05, 0.1) is 31.2 Å². The van der Waals surface area contributed by atoms with Gasteiger partial charge in [-0.05, 0) is 55.7 Å². The molecule has 0 bridgehead atoms. The summed E-state index contributed by atoms with van der Waals surface area (Å²) in [6.45, 7) is 1.15. The van der Waals surface area contributed by atoms with Gasteiger partial charge < -0.3 is 14.2 Å². The first kappa shape index (κ1) is 19.7. The molecule has 0 N–H and O–H groups in total. The number of imidazole rings is 1. The van der Waals surface area contributed by atoms with Crippen molar-refractivity contribution < 1.29 is 14.2 Å². The third-order valence-electron chi connectivity index (χ3n) is 5.77. The highest BCUT2D eigenvalue weighted by Gasteiger charge is 2.30. The zero-order valence-electron chi connectivity index (χ0n) is 16.7. The van der Waals surface area contributed by atoms with E-state index in [4.69, 9.17) is 25.8 Å². The highest BCUT2D eigenvalue weighted by Crippen LogP contribution is 2.34. The predicted octanol–water partition coefficient (Wildman–Crippen LogP) is 4.54. The van der Waals surface area contributed by atoms with Crippen LogP contribution in [0.1, 0.15) is 55.9 Å². The molecule has 1 saturated carbocycles. The second kappa shape index (κ2) is 8.88. The molecule has 2 aliphatic rings. The fourth-order valence-electron chi connectivity index (χ4n) is 4.24. The number of aromatic nitrogens is 4. The van der Waals surface area contributed by atoms with Crippen molar-refractivity contribution in [1.29, 1.82) is 0 Å². The van der Waals surface area contributed by atoms with Crippen molar-refractivity contribution >= 4 is 17.2 Å². The van der Waals surface area contributed by atoms with Crippen LogP contribution in [-0.4, -0.2) is 38.4 Å². The molecule has 1 aliphatic carbocycles. The lowest BCUT2D eigenvalue weighted by Crippen LogP contribution is -2.16. The van der Waals surface area contributed by atoms with E-state index in [-0.39, 0.29) is 23.6 Å². The Balaban J connectivity index is 1.25. The quantitative estimate of drug-likeness (QED) is 0.550. The molecule has 0 spiro atoms. The van der Waals surface area contributed by atoms with Crippen LogP contribution < -0.4 is 4.74 Å². The highest BCUT2D eigenvalue weighted by molar-refractivity contribution is 6.28. The summed E-state index contributed by atoms with van der Waals surface area (Å²) >= 11 is 6.19. The molecule has 2 atom stereocenters. The third-order valence-corrected chi connectivity index (χ3v) is 5.93. The lowest BCUT2D eigenvalue weighted by Gasteiger charge is -2.15. The van der Waals surface area contributed by atoms with Crippen LogP contribution in [0.25, 0.3) is 5.65 Å². The predicted molar refractivity (Wildman–Crippen MR) is 112 cm³/mol. The van der Waals surface area contributed by atoms with E-state index in [1.807, 2.05) is 18.2 Å². The molecule has 1 saturated heterocycles. The van der Waals surface area contributed by atoms with Crippen molar-refractivity contribution in [2.24, 2.45) is 0 Å². The standard InChI is InChI=1S/C22H25ClN4O3/c23-22-25-21(30-16-8-4-5-9-16)20-24-12-18(27(20)26-22)19-11-10-17(29-19)14-28-13-15-6-2-1-3-7-15/h1-3,6-7,12,16-17,19H,4-5,8-11,13-14H2/t17-,19+/m0/s1. The van der Waals surface area contributed by atoms with Crippen LogP contribution >= 0.6 is 11.6 Å². The molecule has 1 aromatic carbocycles. The zero-order chi connectivity index (χ0) is 20.3. The maximum absolute atomic E-state index is 6.23.